The summed E-state index contributed by atoms with van der Waals surface area (Å²) in [5.74, 6) is -0.625. The summed E-state index contributed by atoms with van der Waals surface area (Å²) in [5, 5.41) is 18.4. The molecule has 2 aromatic carbocycles. The Bertz CT molecular complexity index is 936. The van der Waals surface area contributed by atoms with Crippen molar-refractivity contribution in [2.75, 3.05) is 0 Å². The van der Waals surface area contributed by atoms with Crippen molar-refractivity contribution in [2.24, 2.45) is 5.10 Å². The number of rotatable bonds is 4. The van der Waals surface area contributed by atoms with E-state index in [4.69, 9.17) is 11.6 Å². The van der Waals surface area contributed by atoms with Gasteiger partial charge in [0.1, 0.15) is 10.9 Å². The summed E-state index contributed by atoms with van der Waals surface area (Å²) >= 11 is 6.38. The number of benzene rings is 2. The first-order chi connectivity index (χ1) is 12.1. The predicted molar refractivity (Wildman–Crippen MR) is 96.5 cm³/mol. The molecule has 0 radical (unpaired) electrons. The van der Waals surface area contributed by atoms with Gasteiger partial charge in [0.05, 0.1) is 28.7 Å². The molecule has 6 nitrogen and oxygen atoms in total. The van der Waals surface area contributed by atoms with Crippen molar-refractivity contribution >= 4 is 23.7 Å². The third kappa shape index (κ3) is 3.54. The quantitative estimate of drug-likeness (QED) is 0.557. The summed E-state index contributed by atoms with van der Waals surface area (Å²) in [6, 6.07) is 15.7. The van der Waals surface area contributed by atoms with Gasteiger partial charge in [-0.1, -0.05) is 41.9 Å². The number of nitrogens with one attached hydrogen (secondary N) is 1. The van der Waals surface area contributed by atoms with Crippen LogP contribution >= 0.6 is 11.6 Å². The van der Waals surface area contributed by atoms with Crippen molar-refractivity contribution in [3.63, 3.8) is 0 Å². The van der Waals surface area contributed by atoms with Crippen LogP contribution in [-0.4, -0.2) is 27.0 Å². The van der Waals surface area contributed by atoms with Crippen LogP contribution in [0.25, 0.3) is 5.69 Å². The zero-order chi connectivity index (χ0) is 17.8. The van der Waals surface area contributed by atoms with Crippen molar-refractivity contribution in [3.05, 3.63) is 76.6 Å². The summed E-state index contributed by atoms with van der Waals surface area (Å²) in [4.78, 5) is 12.0. The number of carbonyl (C=O) groups excluding carboxylic acids is 1. The topological polar surface area (TPSA) is 79.5 Å². The third-order valence-corrected chi connectivity index (χ3v) is 3.92. The molecular formula is C18H15ClN4O2. The lowest BCUT2D eigenvalue weighted by Gasteiger charge is -2.02. The highest BCUT2D eigenvalue weighted by atomic mass is 35.5. The molecule has 1 amide bonds. The minimum absolute atomic E-state index is 0.110. The molecule has 2 N–H and O–H groups in total. The van der Waals surface area contributed by atoms with Gasteiger partial charge >= 0.3 is 0 Å². The maximum absolute atomic E-state index is 12.0. The Labute approximate surface area is 149 Å². The van der Waals surface area contributed by atoms with Crippen LogP contribution in [0.15, 0.2) is 59.7 Å². The molecule has 0 bridgehead atoms. The molecule has 0 fully saturated rings. The molecule has 7 heteroatoms. The van der Waals surface area contributed by atoms with Crippen molar-refractivity contribution in [1.29, 1.82) is 0 Å². The number of nitrogens with zero attached hydrogens (tertiary/aromatic N) is 3. The van der Waals surface area contributed by atoms with Crippen LogP contribution < -0.4 is 5.43 Å². The molecule has 0 spiro atoms. The molecule has 0 saturated carbocycles. The minimum Gasteiger partial charge on any atom is -0.507 e. The average Bonchev–Trinajstić information content (AvgIpc) is 2.91. The van der Waals surface area contributed by atoms with Gasteiger partial charge in [-0.2, -0.15) is 10.2 Å². The summed E-state index contributed by atoms with van der Waals surface area (Å²) in [6.07, 6.45) is 1.43. The van der Waals surface area contributed by atoms with Gasteiger partial charge in [-0.3, -0.25) is 4.79 Å². The standard InChI is InChI=1S/C18H15ClN4O2/c1-12-15(17(19)23(22-12)13-7-3-2-4-8-13)11-20-21-18(25)14-9-5-6-10-16(14)24/h2-11,24H,1H3,(H,21,25). The number of aromatic nitrogens is 2. The van der Waals surface area contributed by atoms with Crippen LogP contribution in [-0.2, 0) is 0 Å². The maximum atomic E-state index is 12.0. The number of amides is 1. The second-order valence-corrected chi connectivity index (χ2v) is 5.61. The van der Waals surface area contributed by atoms with E-state index >= 15 is 0 Å². The average molecular weight is 355 g/mol. The van der Waals surface area contributed by atoms with Crippen LogP contribution in [0.1, 0.15) is 21.6 Å². The summed E-state index contributed by atoms with van der Waals surface area (Å²) in [6.45, 7) is 1.80. The Morgan fingerprint density at radius 2 is 1.88 bits per heavy atom. The molecule has 0 unspecified atom stereocenters. The van der Waals surface area contributed by atoms with E-state index in [-0.39, 0.29) is 11.3 Å². The number of phenolic OH excluding ortho intramolecular Hbond substituents is 1. The van der Waals surface area contributed by atoms with Crippen molar-refractivity contribution < 1.29 is 9.90 Å². The fourth-order valence-corrected chi connectivity index (χ4v) is 2.60. The number of para-hydroxylation sites is 2. The van der Waals surface area contributed by atoms with E-state index in [2.05, 4.69) is 15.6 Å². The van der Waals surface area contributed by atoms with Crippen molar-refractivity contribution in [3.8, 4) is 11.4 Å². The molecular weight excluding hydrogens is 340 g/mol. The fraction of sp³-hybridized carbons (Fsp3) is 0.0556. The summed E-state index contributed by atoms with van der Waals surface area (Å²) in [7, 11) is 0. The normalized spacial score (nSPS) is 11.0. The number of hydrazone groups is 1. The lowest BCUT2D eigenvalue weighted by atomic mass is 10.2. The van der Waals surface area contributed by atoms with Gasteiger partial charge in [-0.15, -0.1) is 0 Å². The molecule has 0 aliphatic carbocycles. The van der Waals surface area contributed by atoms with Gasteiger partial charge in [0.2, 0.25) is 0 Å². The highest BCUT2D eigenvalue weighted by Crippen LogP contribution is 2.22. The van der Waals surface area contributed by atoms with Gasteiger partial charge in [0.15, 0.2) is 0 Å². The second-order valence-electron chi connectivity index (χ2n) is 5.25. The molecule has 25 heavy (non-hydrogen) atoms. The number of phenols is 1. The van der Waals surface area contributed by atoms with Gasteiger partial charge in [0.25, 0.3) is 5.91 Å². The Hall–Kier alpha value is -3.12. The number of carbonyl (C=O) groups is 1. The van der Waals surface area contributed by atoms with Gasteiger partial charge in [0, 0.05) is 0 Å². The Kier molecular flexibility index (Phi) is 4.81. The minimum atomic E-state index is -0.515. The molecule has 3 aromatic rings. The monoisotopic (exact) mass is 354 g/mol. The van der Waals surface area contributed by atoms with Crippen molar-refractivity contribution in [2.45, 2.75) is 6.92 Å². The molecule has 3 rings (SSSR count). The Morgan fingerprint density at radius 3 is 2.60 bits per heavy atom. The van der Waals surface area contributed by atoms with E-state index in [9.17, 15) is 9.90 Å². The molecule has 126 valence electrons. The largest absolute Gasteiger partial charge is 0.507 e. The number of hydrogen-bond acceptors (Lipinski definition) is 4. The fourth-order valence-electron chi connectivity index (χ4n) is 2.28. The van der Waals surface area contributed by atoms with Crippen LogP contribution in [0.5, 0.6) is 5.75 Å². The molecule has 0 atom stereocenters. The number of aromatic hydroxyl groups is 1. The lowest BCUT2D eigenvalue weighted by Crippen LogP contribution is -2.17. The van der Waals surface area contributed by atoms with Gasteiger partial charge in [-0.25, -0.2) is 10.1 Å². The van der Waals surface area contributed by atoms with E-state index in [1.54, 1.807) is 23.7 Å². The first kappa shape index (κ1) is 16.7. The first-order valence-electron chi connectivity index (χ1n) is 7.50. The third-order valence-electron chi connectivity index (χ3n) is 3.56. The van der Waals surface area contributed by atoms with Gasteiger partial charge < -0.3 is 5.11 Å². The second kappa shape index (κ2) is 7.19. The predicted octanol–water partition coefficient (Wildman–Crippen LogP) is 3.30. The smallest absolute Gasteiger partial charge is 0.275 e. The van der Waals surface area contributed by atoms with E-state index in [1.165, 1.54) is 18.3 Å². The lowest BCUT2D eigenvalue weighted by molar-refractivity contribution is 0.0952. The SMILES string of the molecule is Cc1nn(-c2ccccc2)c(Cl)c1C=NNC(=O)c1ccccc1O. The Balaban J connectivity index is 1.80. The zero-order valence-electron chi connectivity index (χ0n) is 13.3. The number of hydrogen-bond donors (Lipinski definition) is 2. The van der Waals surface area contributed by atoms with Crippen LogP contribution in [0, 0.1) is 6.92 Å². The van der Waals surface area contributed by atoms with E-state index < -0.39 is 5.91 Å². The summed E-state index contributed by atoms with van der Waals surface area (Å²) < 4.78 is 1.60. The number of aryl methyl sites for hydroxylation is 1. The molecule has 0 saturated heterocycles. The zero-order valence-corrected chi connectivity index (χ0v) is 14.1. The van der Waals surface area contributed by atoms with Gasteiger partial charge in [-0.05, 0) is 31.2 Å². The van der Waals surface area contributed by atoms with Crippen molar-refractivity contribution in [1.82, 2.24) is 15.2 Å². The first-order valence-corrected chi connectivity index (χ1v) is 7.87. The molecule has 0 aliphatic rings. The maximum Gasteiger partial charge on any atom is 0.275 e. The highest BCUT2D eigenvalue weighted by Gasteiger charge is 2.13. The molecule has 1 aromatic heterocycles. The Morgan fingerprint density at radius 1 is 1.20 bits per heavy atom. The van der Waals surface area contributed by atoms with E-state index in [1.807, 2.05) is 30.3 Å². The van der Waals surface area contributed by atoms with E-state index in [0.717, 1.165) is 5.69 Å². The molecule has 0 aliphatic heterocycles. The van der Waals surface area contributed by atoms with Crippen LogP contribution in [0.3, 0.4) is 0 Å². The van der Waals surface area contributed by atoms with Crippen LogP contribution in [0.4, 0.5) is 0 Å². The van der Waals surface area contributed by atoms with Crippen LogP contribution in [0.2, 0.25) is 5.15 Å². The highest BCUT2D eigenvalue weighted by molar-refractivity contribution is 6.32. The summed E-state index contributed by atoms with van der Waals surface area (Å²) in [5.41, 5.74) is 4.61. The molecule has 1 heterocycles. The van der Waals surface area contributed by atoms with E-state index in [0.29, 0.717) is 16.4 Å². The number of halogens is 1.